The molecular weight excluding hydrogens is 202 g/mol. The molecule has 0 aliphatic rings. The van der Waals surface area contributed by atoms with E-state index in [1.54, 1.807) is 4.68 Å². The zero-order chi connectivity index (χ0) is 11.5. The van der Waals surface area contributed by atoms with E-state index >= 15 is 0 Å². The summed E-state index contributed by atoms with van der Waals surface area (Å²) in [5.41, 5.74) is 3.14. The minimum atomic E-state index is 0.733. The molecule has 2 heterocycles. The summed E-state index contributed by atoms with van der Waals surface area (Å²) >= 11 is 0. The predicted molar refractivity (Wildman–Crippen MR) is 63.2 cm³/mol. The van der Waals surface area contributed by atoms with Gasteiger partial charge in [-0.2, -0.15) is 10.2 Å². The van der Waals surface area contributed by atoms with Gasteiger partial charge in [0.15, 0.2) is 0 Å². The van der Waals surface area contributed by atoms with E-state index in [0.29, 0.717) is 0 Å². The highest BCUT2D eigenvalue weighted by atomic mass is 15.3. The average molecular weight is 219 g/mol. The number of nitrogens with one attached hydrogen (secondary N) is 1. The number of hydrogen-bond donors (Lipinski definition) is 1. The van der Waals surface area contributed by atoms with Gasteiger partial charge in [0.05, 0.1) is 23.6 Å². The molecule has 5 nitrogen and oxygen atoms in total. The molecule has 0 atom stereocenters. The fraction of sp³-hybridized carbons (Fsp3) is 0.455. The van der Waals surface area contributed by atoms with Crippen LogP contribution in [0.15, 0.2) is 18.5 Å². The number of rotatable bonds is 4. The molecule has 0 saturated heterocycles. The lowest BCUT2D eigenvalue weighted by molar-refractivity contribution is 0.653. The third kappa shape index (κ3) is 2.24. The highest BCUT2D eigenvalue weighted by Gasteiger charge is 2.04. The van der Waals surface area contributed by atoms with Crippen molar-refractivity contribution in [2.24, 2.45) is 7.05 Å². The monoisotopic (exact) mass is 219 g/mol. The highest BCUT2D eigenvalue weighted by molar-refractivity contribution is 5.45. The van der Waals surface area contributed by atoms with E-state index in [1.165, 1.54) is 0 Å². The van der Waals surface area contributed by atoms with Crippen LogP contribution in [0.25, 0.3) is 0 Å². The van der Waals surface area contributed by atoms with Crippen molar-refractivity contribution in [2.45, 2.75) is 26.9 Å². The Balaban J connectivity index is 2.01. The zero-order valence-electron chi connectivity index (χ0n) is 9.94. The molecule has 0 amide bonds. The fourth-order valence-corrected chi connectivity index (χ4v) is 1.60. The molecule has 16 heavy (non-hydrogen) atoms. The SMILES string of the molecule is CCn1cc(NCc2ccn(C)n2)c(C)n1. The number of aryl methyl sites for hydroxylation is 3. The maximum atomic E-state index is 4.38. The quantitative estimate of drug-likeness (QED) is 0.848. The lowest BCUT2D eigenvalue weighted by Crippen LogP contribution is -2.01. The molecular formula is C11H17N5. The van der Waals surface area contributed by atoms with Gasteiger partial charge < -0.3 is 5.32 Å². The predicted octanol–water partition coefficient (Wildman–Crippen LogP) is 1.56. The standard InChI is InChI=1S/C11H17N5/c1-4-16-8-11(9(2)13-16)12-7-10-5-6-15(3)14-10/h5-6,8,12H,4,7H2,1-3H3. The molecule has 2 aromatic rings. The molecule has 2 rings (SSSR count). The lowest BCUT2D eigenvalue weighted by Gasteiger charge is -2.01. The van der Waals surface area contributed by atoms with Gasteiger partial charge in [0.25, 0.3) is 0 Å². The summed E-state index contributed by atoms with van der Waals surface area (Å²) in [6.07, 6.45) is 3.97. The molecule has 0 saturated carbocycles. The van der Waals surface area contributed by atoms with Gasteiger partial charge in [-0.05, 0) is 19.9 Å². The first-order valence-corrected chi connectivity index (χ1v) is 5.45. The Morgan fingerprint density at radius 3 is 2.75 bits per heavy atom. The topological polar surface area (TPSA) is 47.7 Å². The first-order valence-electron chi connectivity index (χ1n) is 5.45. The number of hydrogen-bond acceptors (Lipinski definition) is 3. The van der Waals surface area contributed by atoms with E-state index in [2.05, 4.69) is 22.4 Å². The molecule has 0 aliphatic carbocycles. The largest absolute Gasteiger partial charge is 0.377 e. The van der Waals surface area contributed by atoms with E-state index in [9.17, 15) is 0 Å². The van der Waals surface area contributed by atoms with Crippen LogP contribution in [-0.4, -0.2) is 19.6 Å². The average Bonchev–Trinajstić information content (AvgIpc) is 2.82. The fourth-order valence-electron chi connectivity index (χ4n) is 1.60. The van der Waals surface area contributed by atoms with Crippen LogP contribution in [0.2, 0.25) is 0 Å². The van der Waals surface area contributed by atoms with Crippen molar-refractivity contribution in [1.29, 1.82) is 0 Å². The number of aromatic nitrogens is 4. The van der Waals surface area contributed by atoms with Gasteiger partial charge in [-0.15, -0.1) is 0 Å². The molecule has 0 unspecified atom stereocenters. The summed E-state index contributed by atoms with van der Waals surface area (Å²) in [7, 11) is 1.92. The molecule has 0 aromatic carbocycles. The van der Waals surface area contributed by atoms with E-state index in [-0.39, 0.29) is 0 Å². The Hall–Kier alpha value is -1.78. The van der Waals surface area contributed by atoms with Crippen LogP contribution in [0.5, 0.6) is 0 Å². The van der Waals surface area contributed by atoms with Crippen molar-refractivity contribution < 1.29 is 0 Å². The Morgan fingerprint density at radius 2 is 2.19 bits per heavy atom. The molecule has 2 aromatic heterocycles. The Kier molecular flexibility index (Phi) is 2.94. The zero-order valence-corrected chi connectivity index (χ0v) is 9.94. The van der Waals surface area contributed by atoms with Gasteiger partial charge in [-0.1, -0.05) is 0 Å². The van der Waals surface area contributed by atoms with Crippen molar-refractivity contribution in [3.63, 3.8) is 0 Å². The Bertz CT molecular complexity index is 468. The van der Waals surface area contributed by atoms with Crippen LogP contribution in [0.1, 0.15) is 18.3 Å². The van der Waals surface area contributed by atoms with Crippen LogP contribution in [-0.2, 0) is 20.1 Å². The van der Waals surface area contributed by atoms with Gasteiger partial charge in [0.2, 0.25) is 0 Å². The first-order chi connectivity index (χ1) is 7.69. The van der Waals surface area contributed by atoms with Crippen LogP contribution in [0.4, 0.5) is 5.69 Å². The highest BCUT2D eigenvalue weighted by Crippen LogP contribution is 2.13. The number of nitrogens with zero attached hydrogens (tertiary/aromatic N) is 4. The molecule has 5 heteroatoms. The summed E-state index contributed by atoms with van der Waals surface area (Å²) in [5.74, 6) is 0. The van der Waals surface area contributed by atoms with Gasteiger partial charge >= 0.3 is 0 Å². The normalized spacial score (nSPS) is 10.7. The van der Waals surface area contributed by atoms with Crippen LogP contribution in [0.3, 0.4) is 0 Å². The third-order valence-electron chi connectivity index (χ3n) is 2.50. The minimum Gasteiger partial charge on any atom is -0.377 e. The lowest BCUT2D eigenvalue weighted by atomic mass is 10.3. The summed E-state index contributed by atoms with van der Waals surface area (Å²) in [6.45, 7) is 5.71. The van der Waals surface area contributed by atoms with E-state index in [0.717, 1.165) is 30.2 Å². The summed E-state index contributed by atoms with van der Waals surface area (Å²) in [6, 6.07) is 2.01. The molecule has 1 N–H and O–H groups in total. The van der Waals surface area contributed by atoms with Crippen molar-refractivity contribution in [2.75, 3.05) is 5.32 Å². The van der Waals surface area contributed by atoms with Crippen molar-refractivity contribution in [1.82, 2.24) is 19.6 Å². The molecule has 0 aliphatic heterocycles. The van der Waals surface area contributed by atoms with Crippen molar-refractivity contribution in [3.05, 3.63) is 29.8 Å². The third-order valence-corrected chi connectivity index (χ3v) is 2.50. The second-order valence-corrected chi connectivity index (χ2v) is 3.82. The summed E-state index contributed by atoms with van der Waals surface area (Å²) in [5, 5.41) is 12.0. The second kappa shape index (κ2) is 4.38. The maximum absolute atomic E-state index is 4.38. The molecule has 0 radical (unpaired) electrons. The van der Waals surface area contributed by atoms with Crippen LogP contribution >= 0.6 is 0 Å². The molecule has 0 bridgehead atoms. The Labute approximate surface area is 95.1 Å². The van der Waals surface area contributed by atoms with E-state index < -0.39 is 0 Å². The maximum Gasteiger partial charge on any atom is 0.0825 e. The van der Waals surface area contributed by atoms with Crippen LogP contribution in [0, 0.1) is 6.92 Å². The first kappa shape index (κ1) is 10.7. The van der Waals surface area contributed by atoms with Crippen molar-refractivity contribution in [3.8, 4) is 0 Å². The number of anilines is 1. The smallest absolute Gasteiger partial charge is 0.0825 e. The van der Waals surface area contributed by atoms with Crippen molar-refractivity contribution >= 4 is 5.69 Å². The summed E-state index contributed by atoms with van der Waals surface area (Å²) < 4.78 is 3.73. The van der Waals surface area contributed by atoms with E-state index in [4.69, 9.17) is 0 Å². The Morgan fingerprint density at radius 1 is 1.38 bits per heavy atom. The molecule has 0 fully saturated rings. The van der Waals surface area contributed by atoms with Gasteiger partial charge in [0, 0.05) is 26.0 Å². The van der Waals surface area contributed by atoms with Crippen LogP contribution < -0.4 is 5.32 Å². The van der Waals surface area contributed by atoms with Gasteiger partial charge in [-0.3, -0.25) is 9.36 Å². The molecule has 86 valence electrons. The van der Waals surface area contributed by atoms with Gasteiger partial charge in [-0.25, -0.2) is 0 Å². The second-order valence-electron chi connectivity index (χ2n) is 3.82. The molecule has 0 spiro atoms. The van der Waals surface area contributed by atoms with Gasteiger partial charge in [0.1, 0.15) is 0 Å². The summed E-state index contributed by atoms with van der Waals surface area (Å²) in [4.78, 5) is 0. The minimum absolute atomic E-state index is 0.733. The van der Waals surface area contributed by atoms with E-state index in [1.807, 2.05) is 37.1 Å².